The van der Waals surface area contributed by atoms with Gasteiger partial charge in [0.1, 0.15) is 6.61 Å². The van der Waals surface area contributed by atoms with Gasteiger partial charge in [0.2, 0.25) is 0 Å². The summed E-state index contributed by atoms with van der Waals surface area (Å²) in [6.07, 6.45) is 5.86. The minimum absolute atomic E-state index is 0.625. The lowest BCUT2D eigenvalue weighted by molar-refractivity contribution is 0.188. The molecule has 0 bridgehead atoms. The van der Waals surface area contributed by atoms with Gasteiger partial charge < -0.3 is 10.5 Å². The second-order valence-corrected chi connectivity index (χ2v) is 3.63. The van der Waals surface area contributed by atoms with E-state index in [0.717, 1.165) is 24.3 Å². The van der Waals surface area contributed by atoms with E-state index in [-0.39, 0.29) is 0 Å². The van der Waals surface area contributed by atoms with Gasteiger partial charge in [0.15, 0.2) is 0 Å². The van der Waals surface area contributed by atoms with Crippen LogP contribution in [0.3, 0.4) is 0 Å². The SMILES string of the molecule is NC1=CCCC(OCc2ccccc2)=C1. The minimum atomic E-state index is 0.625. The van der Waals surface area contributed by atoms with Crippen LogP contribution in [0.2, 0.25) is 0 Å². The molecule has 0 fully saturated rings. The van der Waals surface area contributed by atoms with Crippen LogP contribution in [-0.2, 0) is 11.3 Å². The van der Waals surface area contributed by atoms with Gasteiger partial charge in [-0.25, -0.2) is 0 Å². The summed E-state index contributed by atoms with van der Waals surface area (Å²) >= 11 is 0. The molecule has 0 radical (unpaired) electrons. The Kier molecular flexibility index (Phi) is 3.08. The second-order valence-electron chi connectivity index (χ2n) is 3.63. The molecule has 1 aromatic carbocycles. The molecule has 0 aliphatic heterocycles. The van der Waals surface area contributed by atoms with Crippen molar-refractivity contribution in [3.8, 4) is 0 Å². The van der Waals surface area contributed by atoms with E-state index in [4.69, 9.17) is 10.5 Å². The first kappa shape index (κ1) is 9.84. The first-order valence-corrected chi connectivity index (χ1v) is 5.17. The highest BCUT2D eigenvalue weighted by molar-refractivity contribution is 5.22. The molecule has 0 atom stereocenters. The Morgan fingerprint density at radius 2 is 2.00 bits per heavy atom. The van der Waals surface area contributed by atoms with Crippen molar-refractivity contribution in [2.24, 2.45) is 5.73 Å². The lowest BCUT2D eigenvalue weighted by Crippen LogP contribution is -2.03. The van der Waals surface area contributed by atoms with Crippen molar-refractivity contribution in [1.29, 1.82) is 0 Å². The molecular formula is C13H15NO. The molecule has 0 saturated heterocycles. The van der Waals surface area contributed by atoms with Crippen molar-refractivity contribution in [2.75, 3.05) is 0 Å². The van der Waals surface area contributed by atoms with Crippen LogP contribution in [0.5, 0.6) is 0 Å². The summed E-state index contributed by atoms with van der Waals surface area (Å²) in [5, 5.41) is 0. The largest absolute Gasteiger partial charge is 0.493 e. The summed E-state index contributed by atoms with van der Waals surface area (Å²) in [6.45, 7) is 0.625. The van der Waals surface area contributed by atoms with Gasteiger partial charge in [-0.3, -0.25) is 0 Å². The van der Waals surface area contributed by atoms with E-state index in [2.05, 4.69) is 12.1 Å². The molecule has 78 valence electrons. The van der Waals surface area contributed by atoms with Crippen LogP contribution >= 0.6 is 0 Å². The highest BCUT2D eigenvalue weighted by Gasteiger charge is 2.04. The molecular weight excluding hydrogens is 186 g/mol. The third-order valence-corrected chi connectivity index (χ3v) is 2.37. The number of allylic oxidation sites excluding steroid dienone is 3. The van der Waals surface area contributed by atoms with E-state index in [1.807, 2.05) is 30.4 Å². The van der Waals surface area contributed by atoms with Crippen LogP contribution < -0.4 is 5.73 Å². The van der Waals surface area contributed by atoms with Gasteiger partial charge in [0.05, 0.1) is 5.76 Å². The molecule has 0 saturated carbocycles. The predicted molar refractivity (Wildman–Crippen MR) is 60.8 cm³/mol. The number of hydrogen-bond acceptors (Lipinski definition) is 2. The zero-order valence-electron chi connectivity index (χ0n) is 8.65. The van der Waals surface area contributed by atoms with E-state index in [0.29, 0.717) is 6.61 Å². The molecule has 2 heteroatoms. The third-order valence-electron chi connectivity index (χ3n) is 2.37. The van der Waals surface area contributed by atoms with Crippen molar-refractivity contribution >= 4 is 0 Å². The Morgan fingerprint density at radius 3 is 2.73 bits per heavy atom. The topological polar surface area (TPSA) is 35.2 Å². The summed E-state index contributed by atoms with van der Waals surface area (Å²) in [5.41, 5.74) is 7.69. The van der Waals surface area contributed by atoms with Crippen LogP contribution in [0.4, 0.5) is 0 Å². The van der Waals surface area contributed by atoms with Gasteiger partial charge in [0, 0.05) is 12.1 Å². The van der Waals surface area contributed by atoms with Gasteiger partial charge in [-0.05, 0) is 18.1 Å². The highest BCUT2D eigenvalue weighted by atomic mass is 16.5. The Labute approximate surface area is 90.1 Å². The van der Waals surface area contributed by atoms with E-state index in [9.17, 15) is 0 Å². The highest BCUT2D eigenvalue weighted by Crippen LogP contribution is 2.17. The lowest BCUT2D eigenvalue weighted by atomic mass is 10.1. The molecule has 1 aliphatic carbocycles. The Balaban J connectivity index is 1.91. The average molecular weight is 201 g/mol. The zero-order chi connectivity index (χ0) is 10.5. The Bertz CT molecular complexity index is 379. The molecule has 1 aromatic rings. The molecule has 0 heterocycles. The first-order chi connectivity index (χ1) is 7.34. The van der Waals surface area contributed by atoms with E-state index in [1.54, 1.807) is 0 Å². The molecule has 2 rings (SSSR count). The van der Waals surface area contributed by atoms with Crippen molar-refractivity contribution < 1.29 is 4.74 Å². The van der Waals surface area contributed by atoms with Gasteiger partial charge in [-0.1, -0.05) is 36.4 Å². The maximum atomic E-state index is 5.70. The quantitative estimate of drug-likeness (QED) is 0.816. The molecule has 0 aromatic heterocycles. The van der Waals surface area contributed by atoms with Gasteiger partial charge in [-0.15, -0.1) is 0 Å². The number of ether oxygens (including phenoxy) is 1. The fourth-order valence-electron chi connectivity index (χ4n) is 1.56. The number of nitrogens with two attached hydrogens (primary N) is 1. The second kappa shape index (κ2) is 4.69. The Morgan fingerprint density at radius 1 is 1.20 bits per heavy atom. The van der Waals surface area contributed by atoms with Crippen molar-refractivity contribution in [3.05, 3.63) is 59.5 Å². The van der Waals surface area contributed by atoms with E-state index < -0.39 is 0 Å². The third kappa shape index (κ3) is 2.88. The summed E-state index contributed by atoms with van der Waals surface area (Å²) in [7, 11) is 0. The molecule has 15 heavy (non-hydrogen) atoms. The van der Waals surface area contributed by atoms with Crippen LogP contribution in [-0.4, -0.2) is 0 Å². The van der Waals surface area contributed by atoms with Gasteiger partial charge >= 0.3 is 0 Å². The lowest BCUT2D eigenvalue weighted by Gasteiger charge is -2.13. The molecule has 0 unspecified atom stereocenters. The van der Waals surface area contributed by atoms with Crippen molar-refractivity contribution in [3.63, 3.8) is 0 Å². The molecule has 2 N–H and O–H groups in total. The smallest absolute Gasteiger partial charge is 0.113 e. The van der Waals surface area contributed by atoms with Crippen molar-refractivity contribution in [1.82, 2.24) is 0 Å². The normalized spacial score (nSPS) is 15.5. The maximum absolute atomic E-state index is 5.70. The summed E-state index contributed by atoms with van der Waals surface area (Å²) in [6, 6.07) is 10.2. The summed E-state index contributed by atoms with van der Waals surface area (Å²) in [5.74, 6) is 0.985. The molecule has 0 spiro atoms. The van der Waals surface area contributed by atoms with Crippen LogP contribution in [0.1, 0.15) is 18.4 Å². The standard InChI is InChI=1S/C13H15NO/c14-12-7-4-8-13(9-12)15-10-11-5-2-1-3-6-11/h1-3,5-7,9H,4,8,10,14H2. The van der Waals surface area contributed by atoms with E-state index in [1.165, 1.54) is 5.56 Å². The average Bonchev–Trinajstić information content (AvgIpc) is 2.28. The minimum Gasteiger partial charge on any atom is -0.493 e. The molecule has 1 aliphatic rings. The van der Waals surface area contributed by atoms with Crippen molar-refractivity contribution in [2.45, 2.75) is 19.4 Å². The van der Waals surface area contributed by atoms with Gasteiger partial charge in [0.25, 0.3) is 0 Å². The number of hydrogen-bond donors (Lipinski definition) is 1. The first-order valence-electron chi connectivity index (χ1n) is 5.17. The van der Waals surface area contributed by atoms with Gasteiger partial charge in [-0.2, -0.15) is 0 Å². The van der Waals surface area contributed by atoms with Crippen LogP contribution in [0.15, 0.2) is 53.9 Å². The number of benzene rings is 1. The predicted octanol–water partition coefficient (Wildman–Crippen LogP) is 2.72. The summed E-state index contributed by atoms with van der Waals surface area (Å²) in [4.78, 5) is 0. The summed E-state index contributed by atoms with van der Waals surface area (Å²) < 4.78 is 5.68. The number of rotatable bonds is 3. The fourth-order valence-corrected chi connectivity index (χ4v) is 1.56. The molecule has 2 nitrogen and oxygen atoms in total. The van der Waals surface area contributed by atoms with Crippen LogP contribution in [0, 0.1) is 0 Å². The fraction of sp³-hybridized carbons (Fsp3) is 0.231. The zero-order valence-corrected chi connectivity index (χ0v) is 8.65. The van der Waals surface area contributed by atoms with E-state index >= 15 is 0 Å². The monoisotopic (exact) mass is 201 g/mol. The molecule has 0 amide bonds. The Hall–Kier alpha value is -1.70. The maximum Gasteiger partial charge on any atom is 0.113 e. The van der Waals surface area contributed by atoms with Crippen LogP contribution in [0.25, 0.3) is 0 Å².